The number of amides is 1. The van der Waals surface area contributed by atoms with E-state index >= 15 is 0 Å². The van der Waals surface area contributed by atoms with E-state index in [0.29, 0.717) is 17.8 Å². The van der Waals surface area contributed by atoms with Crippen LogP contribution in [0.3, 0.4) is 0 Å². The molecular weight excluding hydrogens is 328 g/mol. The summed E-state index contributed by atoms with van der Waals surface area (Å²) in [6.07, 6.45) is 3.12. The number of nitrogens with two attached hydrogens (primary N) is 1. The average Bonchev–Trinajstić information content (AvgIpc) is 2.97. The van der Waals surface area contributed by atoms with Crippen molar-refractivity contribution < 1.29 is 9.32 Å². The molecule has 1 unspecified atom stereocenters. The third-order valence-corrected chi connectivity index (χ3v) is 4.54. The Morgan fingerprint density at radius 2 is 2.21 bits per heavy atom. The van der Waals surface area contributed by atoms with Crippen LogP contribution in [0.4, 0.5) is 0 Å². The molecule has 0 saturated carbocycles. The molecule has 2 N–H and O–H groups in total. The molecule has 1 aliphatic rings. The van der Waals surface area contributed by atoms with Crippen molar-refractivity contribution in [2.45, 2.75) is 52.0 Å². The molecule has 24 heavy (non-hydrogen) atoms. The lowest BCUT2D eigenvalue weighted by atomic mass is 9.98. The Labute approximate surface area is 148 Å². The Bertz CT molecular complexity index is 729. The fourth-order valence-corrected chi connectivity index (χ4v) is 3.33. The third kappa shape index (κ3) is 3.26. The maximum absolute atomic E-state index is 13.2. The Kier molecular flexibility index (Phi) is 5.83. The van der Waals surface area contributed by atoms with Gasteiger partial charge in [0.15, 0.2) is 0 Å². The minimum absolute atomic E-state index is 0. The molecule has 1 aliphatic heterocycles. The standard InChI is InChI=1S/C17H24N4O2.ClH/c1-10(2)15-14-13(8-11(3)19-16(14)23-20-15)17(22)21-7-5-4-6-12(21)9-18;/h8,10,12H,4-7,9,18H2,1-3H3;1H. The van der Waals surface area contributed by atoms with Crippen LogP contribution >= 0.6 is 12.4 Å². The van der Waals surface area contributed by atoms with Crippen LogP contribution in [0.25, 0.3) is 11.1 Å². The van der Waals surface area contributed by atoms with Crippen LogP contribution in [0.1, 0.15) is 60.8 Å². The van der Waals surface area contributed by atoms with Crippen molar-refractivity contribution >= 4 is 29.4 Å². The quantitative estimate of drug-likeness (QED) is 0.917. The topological polar surface area (TPSA) is 85.2 Å². The number of carbonyl (C=O) groups is 1. The van der Waals surface area contributed by atoms with E-state index in [-0.39, 0.29) is 30.3 Å². The van der Waals surface area contributed by atoms with E-state index in [1.807, 2.05) is 31.7 Å². The van der Waals surface area contributed by atoms with Gasteiger partial charge in [-0.25, -0.2) is 4.98 Å². The lowest BCUT2D eigenvalue weighted by Gasteiger charge is -2.35. The van der Waals surface area contributed by atoms with E-state index in [9.17, 15) is 4.79 Å². The molecule has 3 heterocycles. The maximum atomic E-state index is 13.2. The molecule has 3 rings (SSSR count). The van der Waals surface area contributed by atoms with Gasteiger partial charge >= 0.3 is 0 Å². The fourth-order valence-electron chi connectivity index (χ4n) is 3.33. The number of hydrogen-bond acceptors (Lipinski definition) is 5. The number of rotatable bonds is 3. The summed E-state index contributed by atoms with van der Waals surface area (Å²) < 4.78 is 5.37. The van der Waals surface area contributed by atoms with E-state index in [4.69, 9.17) is 10.3 Å². The lowest BCUT2D eigenvalue weighted by Crippen LogP contribution is -2.47. The van der Waals surface area contributed by atoms with Crippen molar-refractivity contribution in [1.29, 1.82) is 0 Å². The van der Waals surface area contributed by atoms with Crippen LogP contribution in [0.15, 0.2) is 10.6 Å². The summed E-state index contributed by atoms with van der Waals surface area (Å²) in [4.78, 5) is 19.5. The molecular formula is C17H25ClN4O2. The number of halogens is 1. The molecule has 1 atom stereocenters. The molecule has 0 bridgehead atoms. The Morgan fingerprint density at radius 1 is 1.46 bits per heavy atom. The van der Waals surface area contributed by atoms with Crippen molar-refractivity contribution in [3.05, 3.63) is 23.0 Å². The van der Waals surface area contributed by atoms with Gasteiger partial charge in [0.1, 0.15) is 0 Å². The highest BCUT2D eigenvalue weighted by Gasteiger charge is 2.30. The van der Waals surface area contributed by atoms with Crippen molar-refractivity contribution in [3.8, 4) is 0 Å². The number of likely N-dealkylation sites (tertiary alicyclic amines) is 1. The molecule has 2 aromatic heterocycles. The second kappa shape index (κ2) is 7.49. The molecule has 0 spiro atoms. The van der Waals surface area contributed by atoms with Crippen molar-refractivity contribution in [2.24, 2.45) is 5.73 Å². The van der Waals surface area contributed by atoms with Gasteiger partial charge in [-0.05, 0) is 38.2 Å². The molecule has 1 amide bonds. The number of carbonyl (C=O) groups excluding carboxylic acids is 1. The van der Waals surface area contributed by atoms with Gasteiger partial charge in [-0.1, -0.05) is 19.0 Å². The zero-order valence-corrected chi connectivity index (χ0v) is 15.2. The number of piperidine rings is 1. The number of hydrogen-bond donors (Lipinski definition) is 1. The van der Waals surface area contributed by atoms with E-state index in [0.717, 1.165) is 42.6 Å². The summed E-state index contributed by atoms with van der Waals surface area (Å²) >= 11 is 0. The van der Waals surface area contributed by atoms with E-state index in [2.05, 4.69) is 10.1 Å². The molecule has 0 aromatic carbocycles. The monoisotopic (exact) mass is 352 g/mol. The lowest BCUT2D eigenvalue weighted by molar-refractivity contribution is 0.0625. The molecule has 132 valence electrons. The van der Waals surface area contributed by atoms with Crippen molar-refractivity contribution in [1.82, 2.24) is 15.0 Å². The minimum atomic E-state index is 0. The summed E-state index contributed by atoms with van der Waals surface area (Å²) in [5, 5.41) is 4.88. The minimum Gasteiger partial charge on any atom is -0.335 e. The van der Waals surface area contributed by atoms with Crippen LogP contribution in [0, 0.1) is 6.92 Å². The zero-order chi connectivity index (χ0) is 16.6. The van der Waals surface area contributed by atoms with Gasteiger partial charge in [0, 0.05) is 24.8 Å². The Balaban J connectivity index is 0.00000208. The Hall–Kier alpha value is -1.66. The van der Waals surface area contributed by atoms with Crippen LogP contribution in [0.5, 0.6) is 0 Å². The zero-order valence-electron chi connectivity index (χ0n) is 14.4. The maximum Gasteiger partial charge on any atom is 0.259 e. The molecule has 1 saturated heterocycles. The molecule has 2 aromatic rings. The van der Waals surface area contributed by atoms with E-state index < -0.39 is 0 Å². The van der Waals surface area contributed by atoms with Crippen LogP contribution < -0.4 is 5.73 Å². The largest absolute Gasteiger partial charge is 0.335 e. The number of nitrogens with zero attached hydrogens (tertiary/aromatic N) is 3. The predicted molar refractivity (Wildman–Crippen MR) is 95.6 cm³/mol. The number of fused-ring (bicyclic) bond motifs is 1. The highest BCUT2D eigenvalue weighted by molar-refractivity contribution is 6.06. The van der Waals surface area contributed by atoms with Crippen molar-refractivity contribution in [2.75, 3.05) is 13.1 Å². The normalized spacial score (nSPS) is 18.0. The van der Waals surface area contributed by atoms with Gasteiger partial charge in [-0.3, -0.25) is 4.79 Å². The number of aromatic nitrogens is 2. The van der Waals surface area contributed by atoms with Crippen LogP contribution in [-0.4, -0.2) is 40.1 Å². The van der Waals surface area contributed by atoms with Gasteiger partial charge in [-0.2, -0.15) is 0 Å². The first-order chi connectivity index (χ1) is 11.0. The molecule has 1 fully saturated rings. The summed E-state index contributed by atoms with van der Waals surface area (Å²) in [7, 11) is 0. The van der Waals surface area contributed by atoms with Gasteiger partial charge < -0.3 is 15.2 Å². The Morgan fingerprint density at radius 3 is 2.88 bits per heavy atom. The van der Waals surface area contributed by atoms with Gasteiger partial charge in [-0.15, -0.1) is 12.4 Å². The average molecular weight is 353 g/mol. The second-order valence-electron chi connectivity index (χ2n) is 6.60. The van der Waals surface area contributed by atoms with Crippen LogP contribution in [0.2, 0.25) is 0 Å². The first kappa shape index (κ1) is 18.7. The van der Waals surface area contributed by atoms with Gasteiger partial charge in [0.25, 0.3) is 11.6 Å². The van der Waals surface area contributed by atoms with Crippen molar-refractivity contribution in [3.63, 3.8) is 0 Å². The predicted octanol–water partition coefficient (Wildman–Crippen LogP) is 3.03. The van der Waals surface area contributed by atoms with Gasteiger partial charge in [0.05, 0.1) is 16.6 Å². The molecule has 0 aliphatic carbocycles. The van der Waals surface area contributed by atoms with Crippen LogP contribution in [-0.2, 0) is 0 Å². The molecule has 7 heteroatoms. The summed E-state index contributed by atoms with van der Waals surface area (Å²) in [5.74, 6) is 0.180. The number of pyridine rings is 1. The number of aryl methyl sites for hydroxylation is 1. The first-order valence-corrected chi connectivity index (χ1v) is 8.31. The van der Waals surface area contributed by atoms with E-state index in [1.165, 1.54) is 0 Å². The molecule has 6 nitrogen and oxygen atoms in total. The second-order valence-corrected chi connectivity index (χ2v) is 6.60. The fraction of sp³-hybridized carbons (Fsp3) is 0.588. The van der Waals surface area contributed by atoms with Gasteiger partial charge in [0.2, 0.25) is 0 Å². The summed E-state index contributed by atoms with van der Waals surface area (Å²) in [6.45, 7) is 7.19. The van der Waals surface area contributed by atoms with E-state index in [1.54, 1.807) is 0 Å². The SMILES string of the molecule is Cc1cc(C(=O)N2CCCCC2CN)c2c(C(C)C)noc2n1.Cl. The summed E-state index contributed by atoms with van der Waals surface area (Å²) in [6, 6.07) is 1.96. The third-order valence-electron chi connectivity index (χ3n) is 4.54. The highest BCUT2D eigenvalue weighted by Crippen LogP contribution is 2.29. The highest BCUT2D eigenvalue weighted by atomic mass is 35.5. The molecule has 0 radical (unpaired) electrons. The summed E-state index contributed by atoms with van der Waals surface area (Å²) in [5.41, 5.74) is 8.50. The smallest absolute Gasteiger partial charge is 0.259 e. The first-order valence-electron chi connectivity index (χ1n) is 8.31.